The van der Waals surface area contributed by atoms with E-state index in [2.05, 4.69) is 24.4 Å². The maximum absolute atomic E-state index is 13.6. The number of para-hydroxylation sites is 1. The lowest BCUT2D eigenvalue weighted by atomic mass is 9.75. The van der Waals surface area contributed by atoms with Crippen molar-refractivity contribution in [3.8, 4) is 17.0 Å². The van der Waals surface area contributed by atoms with Crippen LogP contribution in [0.1, 0.15) is 75.9 Å². The van der Waals surface area contributed by atoms with Crippen molar-refractivity contribution in [1.82, 2.24) is 4.98 Å². The van der Waals surface area contributed by atoms with Crippen LogP contribution in [0.4, 0.5) is 0 Å². The molecule has 0 saturated heterocycles. The third-order valence-electron chi connectivity index (χ3n) is 6.89. The normalized spacial score (nSPS) is 14.2. The number of ether oxygens (including phenoxy) is 2. The molecule has 6 heteroatoms. The van der Waals surface area contributed by atoms with Gasteiger partial charge in [0.25, 0.3) is 0 Å². The van der Waals surface area contributed by atoms with Gasteiger partial charge in [-0.2, -0.15) is 0 Å². The van der Waals surface area contributed by atoms with E-state index < -0.39 is 11.0 Å². The highest BCUT2D eigenvalue weighted by molar-refractivity contribution is 7.09. The number of unbranched alkanes of at least 4 members (excludes halogenated alkanes) is 1. The van der Waals surface area contributed by atoms with Crippen molar-refractivity contribution in [1.29, 1.82) is 0 Å². The van der Waals surface area contributed by atoms with Crippen LogP contribution in [-0.2, 0) is 33.6 Å². The second-order valence-corrected chi connectivity index (χ2v) is 12.2. The van der Waals surface area contributed by atoms with Crippen molar-refractivity contribution in [3.63, 3.8) is 0 Å². The van der Waals surface area contributed by atoms with Crippen LogP contribution in [0.2, 0.25) is 0 Å². The molecule has 4 rings (SSSR count). The minimum atomic E-state index is -0.706. The van der Waals surface area contributed by atoms with Gasteiger partial charge >= 0.3 is 5.97 Å². The quantitative estimate of drug-likeness (QED) is 0.179. The minimum absolute atomic E-state index is 0.132. The summed E-state index contributed by atoms with van der Waals surface area (Å²) in [6, 6.07) is 16.2. The number of ketones is 1. The highest BCUT2D eigenvalue weighted by Crippen LogP contribution is 2.42. The van der Waals surface area contributed by atoms with Crippen LogP contribution in [0.15, 0.2) is 53.9 Å². The summed E-state index contributed by atoms with van der Waals surface area (Å²) in [6.45, 7) is 8.37. The van der Waals surface area contributed by atoms with Gasteiger partial charge in [0, 0.05) is 22.8 Å². The predicted octanol–water partition coefficient (Wildman–Crippen LogP) is 7.40. The number of aromatic nitrogens is 1. The molecule has 3 aromatic rings. The molecule has 0 spiro atoms. The first-order valence-corrected chi connectivity index (χ1v) is 14.6. The van der Waals surface area contributed by atoms with Gasteiger partial charge in [-0.25, -0.2) is 4.98 Å². The molecule has 1 aromatic heterocycles. The molecule has 0 atom stereocenters. The summed E-state index contributed by atoms with van der Waals surface area (Å²) in [5, 5.41) is 3.15. The number of benzene rings is 2. The molecule has 5 nitrogen and oxygen atoms in total. The Morgan fingerprint density at radius 1 is 1.00 bits per heavy atom. The summed E-state index contributed by atoms with van der Waals surface area (Å²) in [5.74, 6) is 0.739. The Morgan fingerprint density at radius 2 is 1.68 bits per heavy atom. The number of hydrogen-bond donors (Lipinski definition) is 0. The van der Waals surface area contributed by atoms with E-state index in [9.17, 15) is 9.59 Å². The third-order valence-corrected chi connectivity index (χ3v) is 7.80. The molecule has 0 N–H and O–H groups in total. The van der Waals surface area contributed by atoms with Crippen molar-refractivity contribution < 1.29 is 19.1 Å². The monoisotopic (exact) mass is 533 g/mol. The first-order valence-electron chi connectivity index (χ1n) is 13.7. The Kier molecular flexibility index (Phi) is 9.03. The fourth-order valence-electron chi connectivity index (χ4n) is 5.16. The van der Waals surface area contributed by atoms with Crippen molar-refractivity contribution in [2.75, 3.05) is 6.61 Å². The third kappa shape index (κ3) is 7.10. The van der Waals surface area contributed by atoms with Gasteiger partial charge in [0.05, 0.1) is 23.7 Å². The Bertz CT molecular complexity index is 1230. The molecule has 0 radical (unpaired) electrons. The van der Waals surface area contributed by atoms with Gasteiger partial charge in [-0.3, -0.25) is 9.59 Å². The second kappa shape index (κ2) is 12.2. The number of carbonyl (C=O) groups excluding carboxylic acids is 2. The van der Waals surface area contributed by atoms with Crippen LogP contribution in [0, 0.1) is 5.41 Å². The van der Waals surface area contributed by atoms with E-state index in [1.54, 1.807) is 11.3 Å². The molecule has 1 aliphatic carbocycles. The zero-order valence-corrected chi connectivity index (χ0v) is 23.9. The van der Waals surface area contributed by atoms with E-state index in [0.717, 1.165) is 47.7 Å². The number of nitrogens with zero attached hydrogens (tertiary/aromatic N) is 1. The molecule has 0 unspecified atom stereocenters. The highest BCUT2D eigenvalue weighted by atomic mass is 32.1. The van der Waals surface area contributed by atoms with Gasteiger partial charge in [-0.1, -0.05) is 43.3 Å². The van der Waals surface area contributed by atoms with Crippen LogP contribution in [0.25, 0.3) is 11.3 Å². The van der Waals surface area contributed by atoms with Crippen molar-refractivity contribution in [2.45, 2.75) is 84.7 Å². The number of fused-ring (bicyclic) bond motifs is 1. The Labute approximate surface area is 230 Å². The van der Waals surface area contributed by atoms with E-state index >= 15 is 0 Å². The molecular weight excluding hydrogens is 494 g/mol. The lowest BCUT2D eigenvalue weighted by molar-refractivity contribution is -0.159. The number of carbonyl (C=O) groups is 2. The second-order valence-electron chi connectivity index (χ2n) is 11.3. The minimum Gasteiger partial charge on any atom is -0.493 e. The molecule has 0 saturated carbocycles. The molecule has 1 aliphatic rings. The number of Topliss-reactive ketones (excluding diaryl/α,β-unsaturated/α-hetero) is 1. The molecular formula is C32H39NO4S. The van der Waals surface area contributed by atoms with Crippen molar-refractivity contribution in [3.05, 3.63) is 70.0 Å². The van der Waals surface area contributed by atoms with Gasteiger partial charge in [0.2, 0.25) is 0 Å². The Balaban J connectivity index is 1.36. The molecule has 0 bridgehead atoms. The van der Waals surface area contributed by atoms with Gasteiger partial charge in [0.1, 0.15) is 17.1 Å². The summed E-state index contributed by atoms with van der Waals surface area (Å²) in [4.78, 5) is 31.3. The summed E-state index contributed by atoms with van der Waals surface area (Å²) in [7, 11) is 0. The lowest BCUT2D eigenvalue weighted by Gasteiger charge is -2.29. The summed E-state index contributed by atoms with van der Waals surface area (Å²) in [6.07, 6.45) is 5.25. The van der Waals surface area contributed by atoms with Crippen LogP contribution in [0.5, 0.6) is 5.75 Å². The number of hydrogen-bond acceptors (Lipinski definition) is 6. The fraction of sp³-hybridized carbons (Fsp3) is 0.469. The van der Waals surface area contributed by atoms with E-state index in [1.165, 1.54) is 11.1 Å². The molecule has 2 aromatic carbocycles. The maximum atomic E-state index is 13.6. The fourth-order valence-corrected chi connectivity index (χ4v) is 6.00. The first kappa shape index (κ1) is 28.0. The Hall–Kier alpha value is -2.99. The molecule has 0 aliphatic heterocycles. The van der Waals surface area contributed by atoms with Crippen molar-refractivity contribution in [2.24, 2.45) is 5.41 Å². The average molecular weight is 534 g/mol. The Morgan fingerprint density at radius 3 is 2.37 bits per heavy atom. The number of esters is 1. The lowest BCUT2D eigenvalue weighted by Crippen LogP contribution is -2.37. The number of aryl methyl sites for hydroxylation is 1. The zero-order valence-electron chi connectivity index (χ0n) is 23.0. The van der Waals surface area contributed by atoms with Crippen LogP contribution in [-0.4, -0.2) is 28.9 Å². The average Bonchev–Trinajstić information content (AvgIpc) is 3.49. The molecule has 1 heterocycles. The van der Waals surface area contributed by atoms with Crippen LogP contribution < -0.4 is 4.74 Å². The van der Waals surface area contributed by atoms with Crippen molar-refractivity contribution >= 4 is 23.1 Å². The maximum Gasteiger partial charge on any atom is 0.307 e. The SMILES string of the molecule is CCCOc1ccccc1-c1csc(CCCCC(=O)C2(CC(=O)OC(C)(C)C)Cc3ccccc3C2)n1. The zero-order chi connectivity index (χ0) is 27.2. The molecule has 0 amide bonds. The van der Waals surface area contributed by atoms with E-state index in [1.807, 2.05) is 57.2 Å². The predicted molar refractivity (Wildman–Crippen MR) is 153 cm³/mol. The van der Waals surface area contributed by atoms with Crippen LogP contribution >= 0.6 is 11.3 Å². The molecule has 0 fully saturated rings. The van der Waals surface area contributed by atoms with Gasteiger partial charge in [0.15, 0.2) is 0 Å². The van der Waals surface area contributed by atoms with Gasteiger partial charge < -0.3 is 9.47 Å². The van der Waals surface area contributed by atoms with Crippen LogP contribution in [0.3, 0.4) is 0 Å². The first-order chi connectivity index (χ1) is 18.2. The summed E-state index contributed by atoms with van der Waals surface area (Å²) in [5.41, 5.74) is 3.02. The number of thiazole rings is 1. The van der Waals surface area contributed by atoms with Gasteiger partial charge in [-0.05, 0) is 82.6 Å². The van der Waals surface area contributed by atoms with Gasteiger partial charge in [-0.15, -0.1) is 11.3 Å². The number of rotatable bonds is 12. The molecule has 38 heavy (non-hydrogen) atoms. The van der Waals surface area contributed by atoms with E-state index in [0.29, 0.717) is 25.9 Å². The summed E-state index contributed by atoms with van der Waals surface area (Å²) >= 11 is 1.65. The standard InChI is InChI=1S/C32H39NO4S/c1-5-18-36-27-15-9-8-14-25(27)26-22-38-29(33-26)17-11-10-16-28(34)32(21-30(35)37-31(2,3)4)19-23-12-6-7-13-24(23)20-32/h6-9,12-15,22H,5,10-11,16-21H2,1-4H3. The smallest absolute Gasteiger partial charge is 0.307 e. The molecule has 202 valence electrons. The van der Waals surface area contributed by atoms with E-state index in [-0.39, 0.29) is 18.2 Å². The topological polar surface area (TPSA) is 65.5 Å². The largest absolute Gasteiger partial charge is 0.493 e. The summed E-state index contributed by atoms with van der Waals surface area (Å²) < 4.78 is 11.5. The van der Waals surface area contributed by atoms with E-state index in [4.69, 9.17) is 14.5 Å². The highest BCUT2D eigenvalue weighted by Gasteiger charge is 2.45.